The van der Waals surface area contributed by atoms with Crippen LogP contribution < -0.4 is 10.6 Å². The van der Waals surface area contributed by atoms with Crippen LogP contribution in [-0.4, -0.2) is 11.8 Å². The fraction of sp³-hybridized carbons (Fsp3) is 0.500. The van der Waals surface area contributed by atoms with Crippen LogP contribution in [0.25, 0.3) is 0 Å². The van der Waals surface area contributed by atoms with E-state index in [1.807, 2.05) is 0 Å². The third kappa shape index (κ3) is 5.46. The number of nitrogens with one attached hydrogen (secondary N) is 2. The van der Waals surface area contributed by atoms with E-state index in [0.717, 1.165) is 0 Å². The first-order valence-electron chi connectivity index (χ1n) is 3.94. The van der Waals surface area contributed by atoms with E-state index in [1.54, 1.807) is 13.8 Å². The molecule has 0 aliphatic rings. The van der Waals surface area contributed by atoms with Crippen LogP contribution in [0.3, 0.4) is 0 Å². The van der Waals surface area contributed by atoms with Crippen LogP contribution in [0.2, 0.25) is 0 Å². The van der Waals surface area contributed by atoms with E-state index in [2.05, 4.69) is 10.6 Å². The zero-order chi connectivity index (χ0) is 9.40. The maximum Gasteiger partial charge on any atom is 0.223 e. The summed E-state index contributed by atoms with van der Waals surface area (Å²) >= 11 is 0. The van der Waals surface area contributed by atoms with Gasteiger partial charge in [0.25, 0.3) is 0 Å². The van der Waals surface area contributed by atoms with Gasteiger partial charge < -0.3 is 10.6 Å². The summed E-state index contributed by atoms with van der Waals surface area (Å²) < 4.78 is 0. The summed E-state index contributed by atoms with van der Waals surface area (Å²) in [6, 6.07) is 0. The van der Waals surface area contributed by atoms with Gasteiger partial charge in [0.15, 0.2) is 0 Å². The Bertz CT molecular complexity index is 167. The second kappa shape index (κ2) is 6.39. The third-order valence-electron chi connectivity index (χ3n) is 1.21. The Morgan fingerprint density at radius 3 is 1.58 bits per heavy atom. The maximum absolute atomic E-state index is 10.7. The quantitative estimate of drug-likeness (QED) is 0.645. The average molecular weight is 170 g/mol. The van der Waals surface area contributed by atoms with E-state index >= 15 is 0 Å². The van der Waals surface area contributed by atoms with Gasteiger partial charge in [0.1, 0.15) is 0 Å². The summed E-state index contributed by atoms with van der Waals surface area (Å²) in [4.78, 5) is 21.3. The van der Waals surface area contributed by atoms with Crippen LogP contribution in [0.1, 0.15) is 26.7 Å². The second-order valence-electron chi connectivity index (χ2n) is 2.18. The van der Waals surface area contributed by atoms with Crippen molar-refractivity contribution in [3.63, 3.8) is 0 Å². The number of carbonyl (C=O) groups excluding carboxylic acids is 2. The summed E-state index contributed by atoms with van der Waals surface area (Å²) in [6.45, 7) is 3.52. The molecule has 0 saturated carbocycles. The average Bonchev–Trinajstić information content (AvgIpc) is 2.11. The van der Waals surface area contributed by atoms with E-state index in [4.69, 9.17) is 0 Å². The molecule has 0 heterocycles. The summed E-state index contributed by atoms with van der Waals surface area (Å²) in [5.41, 5.74) is 0. The van der Waals surface area contributed by atoms with Gasteiger partial charge in [-0.1, -0.05) is 13.8 Å². The predicted octanol–water partition coefficient (Wildman–Crippen LogP) is 0.510. The van der Waals surface area contributed by atoms with Crippen molar-refractivity contribution in [2.24, 2.45) is 0 Å². The SMILES string of the molecule is CCC(=O)N/C=C\NC(=O)CC. The van der Waals surface area contributed by atoms with E-state index in [0.29, 0.717) is 12.8 Å². The van der Waals surface area contributed by atoms with Crippen molar-refractivity contribution >= 4 is 11.8 Å². The van der Waals surface area contributed by atoms with Gasteiger partial charge in [-0.2, -0.15) is 0 Å². The smallest absolute Gasteiger partial charge is 0.223 e. The normalized spacial score (nSPS) is 9.83. The zero-order valence-corrected chi connectivity index (χ0v) is 7.39. The molecule has 0 aromatic rings. The molecule has 4 heteroatoms. The Morgan fingerprint density at radius 2 is 1.33 bits per heavy atom. The highest BCUT2D eigenvalue weighted by Crippen LogP contribution is 1.76. The summed E-state index contributed by atoms with van der Waals surface area (Å²) in [7, 11) is 0. The molecule has 0 aromatic carbocycles. The number of carbonyl (C=O) groups is 2. The van der Waals surface area contributed by atoms with Crippen molar-refractivity contribution in [2.45, 2.75) is 26.7 Å². The molecule has 0 aliphatic heterocycles. The molecule has 0 bridgehead atoms. The second-order valence-corrected chi connectivity index (χ2v) is 2.18. The van der Waals surface area contributed by atoms with Gasteiger partial charge in [-0.3, -0.25) is 9.59 Å². The summed E-state index contributed by atoms with van der Waals surface area (Å²) in [5, 5.41) is 4.96. The molecule has 0 aromatic heterocycles. The standard InChI is InChI=1S/C8H14N2O2/c1-3-7(11)9-5-6-10-8(12)4-2/h5-6H,3-4H2,1-2H3,(H,9,11)(H,10,12)/b6-5-. The highest BCUT2D eigenvalue weighted by Gasteiger charge is 1.91. The Labute approximate surface area is 72.0 Å². The Hall–Kier alpha value is -1.32. The first kappa shape index (κ1) is 10.7. The number of hydrogen-bond acceptors (Lipinski definition) is 2. The van der Waals surface area contributed by atoms with Crippen LogP contribution in [0, 0.1) is 0 Å². The fourth-order valence-corrected chi connectivity index (χ4v) is 0.473. The van der Waals surface area contributed by atoms with Crippen molar-refractivity contribution in [1.82, 2.24) is 10.6 Å². The highest BCUT2D eigenvalue weighted by atomic mass is 16.2. The zero-order valence-electron chi connectivity index (χ0n) is 7.39. The minimum atomic E-state index is -0.0722. The first-order valence-corrected chi connectivity index (χ1v) is 3.94. The molecule has 2 N–H and O–H groups in total. The molecule has 0 rings (SSSR count). The molecule has 2 amide bonds. The lowest BCUT2D eigenvalue weighted by molar-refractivity contribution is -0.121. The van der Waals surface area contributed by atoms with Gasteiger partial charge in [-0.05, 0) is 0 Å². The van der Waals surface area contributed by atoms with E-state index in [-0.39, 0.29) is 11.8 Å². The predicted molar refractivity (Wildman–Crippen MR) is 46.0 cm³/mol. The molecule has 0 radical (unpaired) electrons. The topological polar surface area (TPSA) is 58.2 Å². The molecule has 0 saturated heterocycles. The molecular weight excluding hydrogens is 156 g/mol. The van der Waals surface area contributed by atoms with Gasteiger partial charge in [0, 0.05) is 25.2 Å². The molecule has 68 valence electrons. The molecule has 0 aliphatic carbocycles. The van der Waals surface area contributed by atoms with Crippen molar-refractivity contribution in [3.05, 3.63) is 12.4 Å². The van der Waals surface area contributed by atoms with Crippen LogP contribution in [-0.2, 0) is 9.59 Å². The molecule has 0 atom stereocenters. The van der Waals surface area contributed by atoms with Crippen LogP contribution in [0.4, 0.5) is 0 Å². The molecule has 0 unspecified atom stereocenters. The monoisotopic (exact) mass is 170 g/mol. The maximum atomic E-state index is 10.7. The molecule has 4 nitrogen and oxygen atoms in total. The van der Waals surface area contributed by atoms with Gasteiger partial charge >= 0.3 is 0 Å². The largest absolute Gasteiger partial charge is 0.331 e. The van der Waals surface area contributed by atoms with Crippen LogP contribution in [0.15, 0.2) is 12.4 Å². The van der Waals surface area contributed by atoms with Gasteiger partial charge in [-0.25, -0.2) is 0 Å². The third-order valence-corrected chi connectivity index (χ3v) is 1.21. The molecule has 0 fully saturated rings. The van der Waals surface area contributed by atoms with E-state index in [9.17, 15) is 9.59 Å². The Kier molecular flexibility index (Phi) is 5.69. The van der Waals surface area contributed by atoms with Crippen LogP contribution >= 0.6 is 0 Å². The van der Waals surface area contributed by atoms with Crippen molar-refractivity contribution in [2.75, 3.05) is 0 Å². The van der Waals surface area contributed by atoms with Gasteiger partial charge in [0.05, 0.1) is 0 Å². The minimum Gasteiger partial charge on any atom is -0.331 e. The lowest BCUT2D eigenvalue weighted by Crippen LogP contribution is -2.19. The lowest BCUT2D eigenvalue weighted by atomic mass is 10.4. The highest BCUT2D eigenvalue weighted by molar-refractivity contribution is 5.77. The van der Waals surface area contributed by atoms with Crippen molar-refractivity contribution in [1.29, 1.82) is 0 Å². The van der Waals surface area contributed by atoms with Gasteiger partial charge in [0.2, 0.25) is 11.8 Å². The summed E-state index contributed by atoms with van der Waals surface area (Å²) in [6.07, 6.45) is 3.71. The molecular formula is C8H14N2O2. The van der Waals surface area contributed by atoms with Crippen molar-refractivity contribution in [3.8, 4) is 0 Å². The lowest BCUT2D eigenvalue weighted by Gasteiger charge is -1.96. The fourth-order valence-electron chi connectivity index (χ4n) is 0.473. The van der Waals surface area contributed by atoms with Crippen LogP contribution in [0.5, 0.6) is 0 Å². The minimum absolute atomic E-state index is 0.0722. The van der Waals surface area contributed by atoms with E-state index in [1.165, 1.54) is 12.4 Å². The summed E-state index contributed by atoms with van der Waals surface area (Å²) in [5.74, 6) is -0.144. The van der Waals surface area contributed by atoms with Gasteiger partial charge in [-0.15, -0.1) is 0 Å². The molecule has 0 spiro atoms. The Balaban J connectivity index is 3.50. The molecule has 12 heavy (non-hydrogen) atoms. The number of hydrogen-bond donors (Lipinski definition) is 2. The first-order chi connectivity index (χ1) is 5.70. The Morgan fingerprint density at radius 1 is 1.00 bits per heavy atom. The van der Waals surface area contributed by atoms with E-state index < -0.39 is 0 Å². The number of amides is 2. The van der Waals surface area contributed by atoms with Crippen molar-refractivity contribution < 1.29 is 9.59 Å². The number of rotatable bonds is 4.